The maximum atomic E-state index is 13.3. The first-order chi connectivity index (χ1) is 14.1. The van der Waals surface area contributed by atoms with Crippen LogP contribution in [-0.4, -0.2) is 67.3 Å². The molecule has 2 atom stereocenters. The number of amides is 2. The van der Waals surface area contributed by atoms with Gasteiger partial charge in [0.1, 0.15) is 5.60 Å². The molecule has 1 aromatic carbocycles. The molecule has 2 heterocycles. The summed E-state index contributed by atoms with van der Waals surface area (Å²) in [6, 6.07) is 5.42. The molecule has 0 radical (unpaired) electrons. The van der Waals surface area contributed by atoms with Crippen molar-refractivity contribution >= 4 is 23.5 Å². The first-order valence-electron chi connectivity index (χ1n) is 10.3. The number of benzene rings is 1. The van der Waals surface area contributed by atoms with Crippen LogP contribution in [0.5, 0.6) is 0 Å². The lowest BCUT2D eigenvalue weighted by molar-refractivity contribution is -0.183. The maximum absolute atomic E-state index is 13.3. The highest BCUT2D eigenvalue weighted by atomic mass is 16.6. The van der Waals surface area contributed by atoms with Crippen LogP contribution in [0.4, 0.5) is 5.69 Å². The molecule has 8 nitrogen and oxygen atoms in total. The Hall–Kier alpha value is -2.45. The van der Waals surface area contributed by atoms with E-state index in [0.29, 0.717) is 37.4 Å². The largest absolute Gasteiger partial charge is 0.458 e. The number of anilines is 1. The van der Waals surface area contributed by atoms with Crippen LogP contribution in [0, 0.1) is 0 Å². The monoisotopic (exact) mass is 418 g/mol. The topological polar surface area (TPSA) is 85.4 Å². The van der Waals surface area contributed by atoms with Gasteiger partial charge in [-0.15, -0.1) is 0 Å². The van der Waals surface area contributed by atoms with E-state index in [1.54, 1.807) is 43.7 Å². The molecule has 2 amide bonds. The molecule has 164 valence electrons. The van der Waals surface area contributed by atoms with Gasteiger partial charge in [-0.1, -0.05) is 13.0 Å². The molecular weight excluding hydrogens is 388 g/mol. The standard InChI is InChI=1S/C22H30N2O6/c1-6-10-28-18(21(27)30-22(2,3)4)17-20(26)24(9-11-29-17)15-8-7-14-13-23(5)19(25)16(14)12-15/h7-8,12,17-18H,6,9-11,13H2,1-5H3/t17-,18-/m1/s1. The number of nitrogens with zero attached hydrogens (tertiary/aromatic N) is 2. The third-order valence-corrected chi connectivity index (χ3v) is 4.93. The summed E-state index contributed by atoms with van der Waals surface area (Å²) in [5, 5.41) is 0. The second kappa shape index (κ2) is 8.73. The maximum Gasteiger partial charge on any atom is 0.339 e. The van der Waals surface area contributed by atoms with Crippen LogP contribution < -0.4 is 4.90 Å². The summed E-state index contributed by atoms with van der Waals surface area (Å²) in [6.07, 6.45) is -1.57. The number of hydrogen-bond acceptors (Lipinski definition) is 6. The van der Waals surface area contributed by atoms with Crippen molar-refractivity contribution in [3.8, 4) is 0 Å². The fraction of sp³-hybridized carbons (Fsp3) is 0.591. The summed E-state index contributed by atoms with van der Waals surface area (Å²) >= 11 is 0. The SMILES string of the molecule is CCCO[C@@H](C(=O)OC(C)(C)C)[C@H]1OCCN(c2ccc3c(c2)C(=O)N(C)C3)C1=O. The molecule has 0 saturated carbocycles. The van der Waals surface area contributed by atoms with Gasteiger partial charge in [0.15, 0.2) is 12.2 Å². The molecular formula is C22H30N2O6. The Morgan fingerprint density at radius 1 is 1.30 bits per heavy atom. The predicted molar refractivity (Wildman–Crippen MR) is 110 cm³/mol. The zero-order chi connectivity index (χ0) is 22.1. The molecule has 0 unspecified atom stereocenters. The highest BCUT2D eigenvalue weighted by Gasteiger charge is 2.43. The number of carbonyl (C=O) groups is 3. The number of hydrogen-bond donors (Lipinski definition) is 0. The molecule has 2 aliphatic rings. The van der Waals surface area contributed by atoms with E-state index in [9.17, 15) is 14.4 Å². The number of esters is 1. The molecule has 0 bridgehead atoms. The zero-order valence-corrected chi connectivity index (χ0v) is 18.3. The molecule has 8 heteroatoms. The average molecular weight is 418 g/mol. The van der Waals surface area contributed by atoms with Crippen molar-refractivity contribution in [2.24, 2.45) is 0 Å². The Balaban J connectivity index is 1.84. The number of ether oxygens (including phenoxy) is 3. The number of morpholine rings is 1. The van der Waals surface area contributed by atoms with Crippen molar-refractivity contribution in [3.63, 3.8) is 0 Å². The van der Waals surface area contributed by atoms with E-state index in [2.05, 4.69) is 0 Å². The second-order valence-corrected chi connectivity index (χ2v) is 8.61. The second-order valence-electron chi connectivity index (χ2n) is 8.61. The minimum Gasteiger partial charge on any atom is -0.458 e. The van der Waals surface area contributed by atoms with E-state index in [-0.39, 0.29) is 18.4 Å². The molecule has 1 aromatic rings. The van der Waals surface area contributed by atoms with Crippen LogP contribution >= 0.6 is 0 Å². The smallest absolute Gasteiger partial charge is 0.339 e. The fourth-order valence-electron chi connectivity index (χ4n) is 3.57. The van der Waals surface area contributed by atoms with Crippen LogP contribution in [0.15, 0.2) is 18.2 Å². The molecule has 2 aliphatic heterocycles. The summed E-state index contributed by atoms with van der Waals surface area (Å²) in [5.74, 6) is -1.07. The minimum atomic E-state index is -1.15. The Kier molecular flexibility index (Phi) is 6.47. The molecule has 1 fully saturated rings. The van der Waals surface area contributed by atoms with E-state index in [0.717, 1.165) is 5.56 Å². The highest BCUT2D eigenvalue weighted by Crippen LogP contribution is 2.29. The lowest BCUT2D eigenvalue weighted by Gasteiger charge is -2.36. The van der Waals surface area contributed by atoms with Crippen LogP contribution in [-0.2, 0) is 30.3 Å². The minimum absolute atomic E-state index is 0.0676. The molecule has 3 rings (SSSR count). The van der Waals surface area contributed by atoms with Crippen LogP contribution in [0.2, 0.25) is 0 Å². The van der Waals surface area contributed by atoms with E-state index in [4.69, 9.17) is 14.2 Å². The molecule has 0 spiro atoms. The Morgan fingerprint density at radius 2 is 2.03 bits per heavy atom. The number of rotatable bonds is 6. The van der Waals surface area contributed by atoms with Crippen LogP contribution in [0.25, 0.3) is 0 Å². The van der Waals surface area contributed by atoms with E-state index >= 15 is 0 Å². The van der Waals surface area contributed by atoms with Crippen molar-refractivity contribution in [2.75, 3.05) is 31.7 Å². The van der Waals surface area contributed by atoms with Crippen molar-refractivity contribution in [1.82, 2.24) is 4.90 Å². The van der Waals surface area contributed by atoms with E-state index in [1.165, 1.54) is 0 Å². The third kappa shape index (κ3) is 4.65. The normalized spacial score (nSPS) is 20.4. The molecule has 30 heavy (non-hydrogen) atoms. The van der Waals surface area contributed by atoms with Gasteiger partial charge in [0.05, 0.1) is 6.61 Å². The van der Waals surface area contributed by atoms with Gasteiger partial charge in [0.2, 0.25) is 0 Å². The zero-order valence-electron chi connectivity index (χ0n) is 18.3. The summed E-state index contributed by atoms with van der Waals surface area (Å²) in [4.78, 5) is 41.5. The van der Waals surface area contributed by atoms with Gasteiger partial charge in [0, 0.05) is 38.0 Å². The lowest BCUT2D eigenvalue weighted by Crippen LogP contribution is -2.56. The van der Waals surface area contributed by atoms with Gasteiger partial charge in [-0.25, -0.2) is 4.79 Å². The van der Waals surface area contributed by atoms with Gasteiger partial charge in [0.25, 0.3) is 11.8 Å². The number of fused-ring (bicyclic) bond motifs is 1. The first-order valence-corrected chi connectivity index (χ1v) is 10.3. The quantitative estimate of drug-likeness (QED) is 0.658. The third-order valence-electron chi connectivity index (χ3n) is 4.93. The molecule has 0 aromatic heterocycles. The predicted octanol–water partition coefficient (Wildman–Crippen LogP) is 2.14. The molecule has 1 saturated heterocycles. The summed E-state index contributed by atoms with van der Waals surface area (Å²) in [5.41, 5.74) is 1.42. The average Bonchev–Trinajstić information content (AvgIpc) is 2.95. The Bertz CT molecular complexity index is 831. The summed E-state index contributed by atoms with van der Waals surface area (Å²) < 4.78 is 16.8. The molecule has 0 aliphatic carbocycles. The van der Waals surface area contributed by atoms with Gasteiger partial charge in [-0.05, 0) is 44.9 Å². The Morgan fingerprint density at radius 3 is 2.70 bits per heavy atom. The van der Waals surface area contributed by atoms with Crippen molar-refractivity contribution in [1.29, 1.82) is 0 Å². The first kappa shape index (κ1) is 22.2. The highest BCUT2D eigenvalue weighted by molar-refractivity contribution is 6.03. The van der Waals surface area contributed by atoms with Crippen molar-refractivity contribution in [3.05, 3.63) is 29.3 Å². The van der Waals surface area contributed by atoms with Gasteiger partial charge >= 0.3 is 5.97 Å². The Labute approximate surface area is 177 Å². The van der Waals surface area contributed by atoms with Gasteiger partial charge in [-0.3, -0.25) is 9.59 Å². The van der Waals surface area contributed by atoms with Crippen LogP contribution in [0.3, 0.4) is 0 Å². The van der Waals surface area contributed by atoms with Gasteiger partial charge in [-0.2, -0.15) is 0 Å². The van der Waals surface area contributed by atoms with Gasteiger partial charge < -0.3 is 24.0 Å². The van der Waals surface area contributed by atoms with Crippen LogP contribution in [0.1, 0.15) is 50.0 Å². The number of carbonyl (C=O) groups excluding carboxylic acids is 3. The van der Waals surface area contributed by atoms with Crippen molar-refractivity contribution in [2.45, 2.75) is 58.5 Å². The molecule has 0 N–H and O–H groups in total. The van der Waals surface area contributed by atoms with Crippen molar-refractivity contribution < 1.29 is 28.6 Å². The van der Waals surface area contributed by atoms with E-state index in [1.807, 2.05) is 19.1 Å². The van der Waals surface area contributed by atoms with E-state index < -0.39 is 23.8 Å². The fourth-order valence-corrected chi connectivity index (χ4v) is 3.57. The lowest BCUT2D eigenvalue weighted by atomic mass is 10.1. The summed E-state index contributed by atoms with van der Waals surface area (Å²) in [6.45, 7) is 8.63. The summed E-state index contributed by atoms with van der Waals surface area (Å²) in [7, 11) is 1.74.